The lowest BCUT2D eigenvalue weighted by Crippen LogP contribution is -2.28. The van der Waals surface area contributed by atoms with Gasteiger partial charge in [-0.1, -0.05) is 11.8 Å². The number of thioether (sulfide) groups is 1. The van der Waals surface area contributed by atoms with E-state index >= 15 is 0 Å². The maximum atomic E-state index is 12.3. The van der Waals surface area contributed by atoms with Crippen molar-refractivity contribution in [3.63, 3.8) is 0 Å². The Labute approximate surface area is 142 Å². The summed E-state index contributed by atoms with van der Waals surface area (Å²) in [5.74, 6) is 0.593. The van der Waals surface area contributed by atoms with Gasteiger partial charge in [0.05, 0.1) is 10.6 Å². The molecule has 12 heteroatoms. The highest BCUT2D eigenvalue weighted by atomic mass is 32.2. The number of hydrogen-bond donors (Lipinski definition) is 2. The second kappa shape index (κ2) is 6.75. The van der Waals surface area contributed by atoms with Gasteiger partial charge in [-0.15, -0.1) is 5.10 Å². The van der Waals surface area contributed by atoms with Crippen LogP contribution in [0.5, 0.6) is 5.75 Å². The summed E-state index contributed by atoms with van der Waals surface area (Å²) in [5.41, 5.74) is 0.341. The first-order chi connectivity index (χ1) is 11.5. The van der Waals surface area contributed by atoms with Crippen molar-refractivity contribution in [3.8, 4) is 5.75 Å². The lowest BCUT2D eigenvalue weighted by atomic mass is 10.2. The molecule has 1 aliphatic rings. The number of amides is 1. The predicted molar refractivity (Wildman–Crippen MR) is 85.3 cm³/mol. The maximum Gasteiger partial charge on any atom is 0.262 e. The Morgan fingerprint density at radius 1 is 1.46 bits per heavy atom. The highest BCUT2D eigenvalue weighted by molar-refractivity contribution is 7.99. The normalized spacial score (nSPS) is 14.0. The number of nitrogens with zero attached hydrogens (tertiary/aromatic N) is 4. The van der Waals surface area contributed by atoms with Crippen molar-refractivity contribution in [1.29, 1.82) is 0 Å². The smallest absolute Gasteiger partial charge is 0.262 e. The summed E-state index contributed by atoms with van der Waals surface area (Å²) < 4.78 is 33.8. The van der Waals surface area contributed by atoms with Crippen molar-refractivity contribution in [1.82, 2.24) is 24.9 Å². The number of anilines is 1. The molecule has 2 heterocycles. The minimum absolute atomic E-state index is 0.0531. The number of tetrazole rings is 1. The zero-order valence-corrected chi connectivity index (χ0v) is 14.2. The van der Waals surface area contributed by atoms with Crippen molar-refractivity contribution in [2.24, 2.45) is 7.05 Å². The lowest BCUT2D eigenvalue weighted by molar-refractivity contribution is -0.118. The van der Waals surface area contributed by atoms with E-state index in [0.29, 0.717) is 22.3 Å². The summed E-state index contributed by atoms with van der Waals surface area (Å²) >= 11 is 1.34. The van der Waals surface area contributed by atoms with Gasteiger partial charge in [-0.25, -0.2) is 17.8 Å². The van der Waals surface area contributed by atoms with Crippen LogP contribution in [-0.4, -0.2) is 53.4 Å². The molecule has 1 amide bonds. The van der Waals surface area contributed by atoms with E-state index in [2.05, 4.69) is 25.6 Å². The SMILES string of the molecule is Cn1nnnc1SCCNS(=O)(=O)c1ccc2c(c1)NC(=O)CO2. The van der Waals surface area contributed by atoms with E-state index in [4.69, 9.17) is 4.74 Å². The summed E-state index contributed by atoms with van der Waals surface area (Å²) in [7, 11) is -1.99. The molecule has 24 heavy (non-hydrogen) atoms. The van der Waals surface area contributed by atoms with Crippen molar-refractivity contribution in [2.45, 2.75) is 10.1 Å². The average Bonchev–Trinajstić information content (AvgIpc) is 2.96. The summed E-state index contributed by atoms with van der Waals surface area (Å²) in [4.78, 5) is 11.4. The van der Waals surface area contributed by atoms with E-state index in [9.17, 15) is 13.2 Å². The number of carbonyl (C=O) groups excluding carboxylic acids is 1. The fourth-order valence-electron chi connectivity index (χ4n) is 1.97. The number of rotatable bonds is 6. The first-order valence-corrected chi connectivity index (χ1v) is 9.34. The monoisotopic (exact) mass is 370 g/mol. The molecule has 0 saturated heterocycles. The van der Waals surface area contributed by atoms with Crippen LogP contribution >= 0.6 is 11.8 Å². The number of carbonyl (C=O) groups is 1. The van der Waals surface area contributed by atoms with Gasteiger partial charge >= 0.3 is 0 Å². The molecule has 1 aromatic heterocycles. The molecule has 3 rings (SSSR count). The number of sulfonamides is 1. The first-order valence-electron chi connectivity index (χ1n) is 6.87. The van der Waals surface area contributed by atoms with Crippen molar-refractivity contribution < 1.29 is 17.9 Å². The van der Waals surface area contributed by atoms with Gasteiger partial charge in [0.1, 0.15) is 5.75 Å². The molecule has 0 unspecified atom stereocenters. The fraction of sp³-hybridized carbons (Fsp3) is 0.333. The minimum Gasteiger partial charge on any atom is -0.482 e. The van der Waals surface area contributed by atoms with Crippen LogP contribution < -0.4 is 14.8 Å². The molecule has 0 bridgehead atoms. The molecule has 0 spiro atoms. The van der Waals surface area contributed by atoms with Gasteiger partial charge in [0.25, 0.3) is 5.91 Å². The quantitative estimate of drug-likeness (QED) is 0.520. The van der Waals surface area contributed by atoms with E-state index in [-0.39, 0.29) is 24.0 Å². The van der Waals surface area contributed by atoms with Crippen molar-refractivity contribution in [3.05, 3.63) is 18.2 Å². The Kier molecular flexibility index (Phi) is 4.69. The van der Waals surface area contributed by atoms with Gasteiger partial charge in [-0.2, -0.15) is 0 Å². The van der Waals surface area contributed by atoms with Crippen molar-refractivity contribution >= 4 is 33.4 Å². The second-order valence-corrected chi connectivity index (χ2v) is 7.66. The number of fused-ring (bicyclic) bond motifs is 1. The molecule has 0 radical (unpaired) electrons. The molecular formula is C12H14N6O4S2. The van der Waals surface area contributed by atoms with Crippen LogP contribution in [0.25, 0.3) is 0 Å². The number of ether oxygens (including phenoxy) is 1. The topological polar surface area (TPSA) is 128 Å². The molecule has 10 nitrogen and oxygen atoms in total. The average molecular weight is 370 g/mol. The number of benzene rings is 1. The molecule has 0 aliphatic carbocycles. The van der Waals surface area contributed by atoms with Crippen LogP contribution in [-0.2, 0) is 21.9 Å². The Morgan fingerprint density at radius 3 is 3.04 bits per heavy atom. The molecule has 2 aromatic rings. The summed E-state index contributed by atoms with van der Waals surface area (Å²) in [6.07, 6.45) is 0. The molecule has 1 aliphatic heterocycles. The van der Waals surface area contributed by atoms with Gasteiger partial charge in [-0.3, -0.25) is 4.79 Å². The van der Waals surface area contributed by atoms with E-state index in [1.807, 2.05) is 0 Å². The zero-order chi connectivity index (χ0) is 17.2. The molecular weight excluding hydrogens is 356 g/mol. The molecule has 2 N–H and O–H groups in total. The standard InChI is InChI=1S/C12H14N6O4S2/c1-18-12(15-16-17-18)23-5-4-13-24(20,21)8-2-3-10-9(6-8)14-11(19)7-22-10/h2-3,6,13H,4-5,7H2,1H3,(H,14,19). The maximum absolute atomic E-state index is 12.3. The Morgan fingerprint density at radius 2 is 2.29 bits per heavy atom. The van der Waals surface area contributed by atoms with Gasteiger partial charge < -0.3 is 10.1 Å². The number of nitrogens with one attached hydrogen (secondary N) is 2. The van der Waals surface area contributed by atoms with E-state index in [0.717, 1.165) is 0 Å². The third-order valence-corrected chi connectivity index (χ3v) is 5.57. The third-order valence-electron chi connectivity index (χ3n) is 3.10. The zero-order valence-electron chi connectivity index (χ0n) is 12.6. The van der Waals surface area contributed by atoms with Crippen molar-refractivity contribution in [2.75, 3.05) is 24.2 Å². The molecule has 0 atom stereocenters. The van der Waals surface area contributed by atoms with Gasteiger partial charge in [0.2, 0.25) is 15.2 Å². The molecule has 128 valence electrons. The van der Waals surface area contributed by atoms with Gasteiger partial charge in [0.15, 0.2) is 6.61 Å². The molecule has 0 fully saturated rings. The lowest BCUT2D eigenvalue weighted by Gasteiger charge is -2.18. The summed E-state index contributed by atoms with van der Waals surface area (Å²) in [6.45, 7) is 0.130. The largest absolute Gasteiger partial charge is 0.482 e. The van der Waals surface area contributed by atoms with Crippen LogP contribution in [0.4, 0.5) is 5.69 Å². The van der Waals surface area contributed by atoms with E-state index in [1.54, 1.807) is 7.05 Å². The minimum atomic E-state index is -3.69. The van der Waals surface area contributed by atoms with Crippen LogP contribution in [0.3, 0.4) is 0 Å². The Bertz CT molecular complexity index is 866. The van der Waals surface area contributed by atoms with Crippen LogP contribution in [0.15, 0.2) is 28.3 Å². The third kappa shape index (κ3) is 3.66. The van der Waals surface area contributed by atoms with Crippen LogP contribution in [0.2, 0.25) is 0 Å². The van der Waals surface area contributed by atoms with Gasteiger partial charge in [-0.05, 0) is 28.6 Å². The first kappa shape index (κ1) is 16.7. The highest BCUT2D eigenvalue weighted by Crippen LogP contribution is 2.29. The second-order valence-electron chi connectivity index (χ2n) is 4.83. The highest BCUT2D eigenvalue weighted by Gasteiger charge is 2.20. The molecule has 0 saturated carbocycles. The molecule has 1 aromatic carbocycles. The number of aryl methyl sites for hydroxylation is 1. The van der Waals surface area contributed by atoms with Crippen LogP contribution in [0.1, 0.15) is 0 Å². The number of hydrogen-bond acceptors (Lipinski definition) is 8. The predicted octanol–water partition coefficient (Wildman–Crippen LogP) is -0.388. The van der Waals surface area contributed by atoms with Gasteiger partial charge in [0, 0.05) is 19.3 Å². The van der Waals surface area contributed by atoms with E-state index in [1.165, 1.54) is 34.6 Å². The summed E-state index contributed by atoms with van der Waals surface area (Å²) in [6, 6.07) is 4.32. The number of aromatic nitrogens is 4. The van der Waals surface area contributed by atoms with Crippen LogP contribution in [0, 0.1) is 0 Å². The van der Waals surface area contributed by atoms with E-state index < -0.39 is 10.0 Å². The Balaban J connectivity index is 1.62. The Hall–Kier alpha value is -2.18. The summed E-state index contributed by atoms with van der Waals surface area (Å²) in [5, 5.41) is 14.2. The fourth-order valence-corrected chi connectivity index (χ4v) is 3.87.